The number of pyridine rings is 2. The van der Waals surface area contributed by atoms with Crippen molar-refractivity contribution >= 4 is 46.8 Å². The average molecular weight is 811 g/mol. The van der Waals surface area contributed by atoms with Gasteiger partial charge >= 0.3 is 6.09 Å². The van der Waals surface area contributed by atoms with Crippen LogP contribution in [0.3, 0.4) is 0 Å². The number of carbonyl (C=O) groups excluding carboxylic acids is 3. The van der Waals surface area contributed by atoms with Gasteiger partial charge in [0.05, 0.1) is 29.0 Å². The van der Waals surface area contributed by atoms with Crippen molar-refractivity contribution in [3.8, 4) is 33.5 Å². The van der Waals surface area contributed by atoms with Gasteiger partial charge in [0.2, 0.25) is 11.8 Å². The molecule has 5 heterocycles. The number of hydrogen-bond acceptors (Lipinski definition) is 8. The van der Waals surface area contributed by atoms with Gasteiger partial charge in [0, 0.05) is 61.1 Å². The van der Waals surface area contributed by atoms with Gasteiger partial charge in [0.15, 0.2) is 0 Å². The lowest BCUT2D eigenvalue weighted by molar-refractivity contribution is -0.120. The first-order valence-corrected chi connectivity index (χ1v) is 19.7. The summed E-state index contributed by atoms with van der Waals surface area (Å²) in [6.45, 7) is 8.25. The number of benzene rings is 2. The summed E-state index contributed by atoms with van der Waals surface area (Å²) in [5, 5.41) is 6.59. The minimum Gasteiger partial charge on any atom is -0.444 e. The molecule has 2 saturated heterocycles. The molecular formula is C43H45Cl2N7O5. The molecule has 57 heavy (non-hydrogen) atoms. The summed E-state index contributed by atoms with van der Waals surface area (Å²) in [6.07, 6.45) is 4.99. The number of halogens is 2. The molecule has 12 nitrogen and oxygen atoms in total. The fraction of sp³-hybridized carbons (Fsp3) is 0.349. The van der Waals surface area contributed by atoms with E-state index in [1.165, 1.54) is 0 Å². The molecule has 0 radical (unpaired) electrons. The number of hydrogen-bond donors (Lipinski definition) is 2. The first kappa shape index (κ1) is 39.9. The van der Waals surface area contributed by atoms with Gasteiger partial charge in [-0.3, -0.25) is 23.7 Å². The summed E-state index contributed by atoms with van der Waals surface area (Å²) < 4.78 is 7.23. The second kappa shape index (κ2) is 16.3. The SMILES string of the molecule is Cc1c(-c2ccn3c(=O)c(CN(C)[C@H]4CCC(=O)N4)cnc3c2)cccc1-c1cccc(-c2ccc(CN(C[C@@H]3CCC(=O)N3)C(=O)OC(C)(C)C)c(Cl)n2)c1Cl. The van der Waals surface area contributed by atoms with Gasteiger partial charge in [-0.2, -0.15) is 0 Å². The highest BCUT2D eigenvalue weighted by atomic mass is 35.5. The third-order valence-electron chi connectivity index (χ3n) is 10.4. The van der Waals surface area contributed by atoms with E-state index in [1.54, 1.807) is 42.5 Å². The molecule has 2 N–H and O–H groups in total. The van der Waals surface area contributed by atoms with Gasteiger partial charge in [0.25, 0.3) is 5.56 Å². The van der Waals surface area contributed by atoms with Gasteiger partial charge in [-0.15, -0.1) is 0 Å². The van der Waals surface area contributed by atoms with Gasteiger partial charge in [0.1, 0.15) is 16.4 Å². The maximum atomic E-state index is 13.5. The molecule has 0 bridgehead atoms. The summed E-state index contributed by atoms with van der Waals surface area (Å²) >= 11 is 14.0. The van der Waals surface area contributed by atoms with Crippen LogP contribution in [0.4, 0.5) is 4.79 Å². The molecule has 2 aromatic carbocycles. The van der Waals surface area contributed by atoms with Crippen LogP contribution in [0.2, 0.25) is 10.2 Å². The number of amides is 3. The summed E-state index contributed by atoms with van der Waals surface area (Å²) in [6, 6.07) is 19.1. The van der Waals surface area contributed by atoms with Crippen molar-refractivity contribution in [1.82, 2.24) is 34.8 Å². The highest BCUT2D eigenvalue weighted by Crippen LogP contribution is 2.40. The standard InChI is InChI=1S/C43H45Cl2N7O5/c1-25-30(26-18-19-52-36(20-26)46-21-28(41(52)55)22-50(5)35-15-17-38(54)49-35)8-6-9-31(25)32-10-7-11-33(39(32)44)34-14-12-27(40(45)48-34)23-51(42(56)57-43(2,3)4)24-29-13-16-37(53)47-29/h6-12,14,18-21,29,35H,13,15-17,22-24H2,1-5H3,(H,47,53)(H,49,54)/t29-,35-/m0/s1. The van der Waals surface area contributed by atoms with Gasteiger partial charge in [-0.1, -0.05) is 65.7 Å². The van der Waals surface area contributed by atoms with E-state index < -0.39 is 11.7 Å². The third-order valence-corrected chi connectivity index (χ3v) is 11.1. The molecule has 0 aliphatic carbocycles. The Morgan fingerprint density at radius 3 is 2.28 bits per heavy atom. The zero-order valence-electron chi connectivity index (χ0n) is 32.6. The van der Waals surface area contributed by atoms with Crippen molar-refractivity contribution in [2.45, 2.75) is 84.3 Å². The topological polar surface area (TPSA) is 138 Å². The molecule has 296 valence electrons. The summed E-state index contributed by atoms with van der Waals surface area (Å²) in [5.41, 5.74) is 6.68. The number of carbonyl (C=O) groups is 3. The third kappa shape index (κ3) is 8.83. The number of rotatable bonds is 10. The predicted molar refractivity (Wildman–Crippen MR) is 221 cm³/mol. The fourth-order valence-electron chi connectivity index (χ4n) is 7.42. The molecule has 2 aliphatic rings. The van der Waals surface area contributed by atoms with Crippen LogP contribution in [0, 0.1) is 6.92 Å². The quantitative estimate of drug-likeness (QED) is 0.139. The van der Waals surface area contributed by atoms with E-state index >= 15 is 0 Å². The van der Waals surface area contributed by atoms with Crippen molar-refractivity contribution < 1.29 is 19.1 Å². The van der Waals surface area contributed by atoms with Crippen molar-refractivity contribution in [3.63, 3.8) is 0 Å². The zero-order chi connectivity index (χ0) is 40.6. The Labute approximate surface area is 341 Å². The van der Waals surface area contributed by atoms with E-state index in [1.807, 2.05) is 79.5 Å². The number of aromatic nitrogens is 3. The highest BCUT2D eigenvalue weighted by molar-refractivity contribution is 6.36. The first-order chi connectivity index (χ1) is 27.1. The number of ether oxygens (including phenoxy) is 1. The Morgan fingerprint density at radius 2 is 1.60 bits per heavy atom. The summed E-state index contributed by atoms with van der Waals surface area (Å²) in [4.78, 5) is 63.1. The molecule has 3 amide bonds. The van der Waals surface area contributed by atoms with Crippen LogP contribution < -0.4 is 16.2 Å². The lowest BCUT2D eigenvalue weighted by Crippen LogP contribution is -2.43. The van der Waals surface area contributed by atoms with Crippen LogP contribution in [0.15, 0.2) is 77.9 Å². The minimum absolute atomic E-state index is 0.0187. The van der Waals surface area contributed by atoms with Gasteiger partial charge in [-0.25, -0.2) is 14.8 Å². The van der Waals surface area contributed by atoms with E-state index in [4.69, 9.17) is 32.9 Å². The molecule has 2 aliphatic heterocycles. The van der Waals surface area contributed by atoms with Crippen molar-refractivity contribution in [3.05, 3.63) is 110 Å². The Kier molecular flexibility index (Phi) is 11.4. The first-order valence-electron chi connectivity index (χ1n) is 19.0. The van der Waals surface area contributed by atoms with Crippen LogP contribution in [-0.4, -0.2) is 73.5 Å². The normalized spacial score (nSPS) is 16.9. The van der Waals surface area contributed by atoms with Gasteiger partial charge < -0.3 is 20.3 Å². The maximum Gasteiger partial charge on any atom is 0.410 e. The number of nitrogens with zero attached hydrogens (tertiary/aromatic N) is 5. The Bertz CT molecular complexity index is 2450. The van der Waals surface area contributed by atoms with Crippen molar-refractivity contribution in [2.24, 2.45) is 0 Å². The van der Waals surface area contributed by atoms with Crippen molar-refractivity contribution in [2.75, 3.05) is 13.6 Å². The van der Waals surface area contributed by atoms with Crippen LogP contribution in [0.1, 0.15) is 63.1 Å². The van der Waals surface area contributed by atoms with E-state index in [9.17, 15) is 19.2 Å². The Balaban J connectivity index is 1.13. The van der Waals surface area contributed by atoms with E-state index in [-0.39, 0.29) is 47.8 Å². The van der Waals surface area contributed by atoms with E-state index in [0.29, 0.717) is 65.3 Å². The van der Waals surface area contributed by atoms with Crippen molar-refractivity contribution in [1.29, 1.82) is 0 Å². The van der Waals surface area contributed by atoms with E-state index in [0.717, 1.165) is 27.8 Å². The number of fused-ring (bicyclic) bond motifs is 1. The minimum atomic E-state index is -0.701. The van der Waals surface area contributed by atoms with Crippen LogP contribution in [0.25, 0.3) is 39.2 Å². The van der Waals surface area contributed by atoms with E-state index in [2.05, 4.69) is 15.6 Å². The number of nitrogens with one attached hydrogen (secondary N) is 2. The average Bonchev–Trinajstić information content (AvgIpc) is 3.80. The molecule has 0 spiro atoms. The maximum absolute atomic E-state index is 13.5. The molecule has 5 aromatic rings. The highest BCUT2D eigenvalue weighted by Gasteiger charge is 2.29. The predicted octanol–water partition coefficient (Wildman–Crippen LogP) is 7.39. The Morgan fingerprint density at radius 1 is 0.895 bits per heavy atom. The van der Waals surface area contributed by atoms with Gasteiger partial charge in [-0.05, 0) is 88.0 Å². The molecular weight excluding hydrogens is 765 g/mol. The Hall–Kier alpha value is -5.30. The molecule has 3 aromatic heterocycles. The summed E-state index contributed by atoms with van der Waals surface area (Å²) in [5.74, 6) is -0.0178. The van der Waals surface area contributed by atoms with Crippen LogP contribution >= 0.6 is 23.2 Å². The molecule has 7 rings (SSSR count). The molecule has 0 unspecified atom stereocenters. The molecule has 0 saturated carbocycles. The smallest absolute Gasteiger partial charge is 0.410 e. The lowest BCUT2D eigenvalue weighted by Gasteiger charge is -2.29. The second-order valence-electron chi connectivity index (χ2n) is 15.7. The molecule has 14 heteroatoms. The molecule has 2 fully saturated rings. The second-order valence-corrected chi connectivity index (χ2v) is 16.5. The molecule has 2 atom stereocenters. The largest absolute Gasteiger partial charge is 0.444 e. The lowest BCUT2D eigenvalue weighted by atomic mass is 9.92. The monoisotopic (exact) mass is 809 g/mol. The zero-order valence-corrected chi connectivity index (χ0v) is 34.1. The van der Waals surface area contributed by atoms with Crippen LogP contribution in [-0.2, 0) is 27.4 Å². The van der Waals surface area contributed by atoms with Crippen LogP contribution in [0.5, 0.6) is 0 Å². The fourth-order valence-corrected chi connectivity index (χ4v) is 7.96. The summed E-state index contributed by atoms with van der Waals surface area (Å²) in [7, 11) is 1.89.